The Hall–Kier alpha value is -3.02. The van der Waals surface area contributed by atoms with E-state index in [-0.39, 0.29) is 23.6 Å². The Morgan fingerprint density at radius 3 is 2.65 bits per heavy atom. The third-order valence-corrected chi connectivity index (χ3v) is 6.77. The van der Waals surface area contributed by atoms with E-state index in [9.17, 15) is 28.2 Å². The van der Waals surface area contributed by atoms with E-state index in [0.29, 0.717) is 25.9 Å². The summed E-state index contributed by atoms with van der Waals surface area (Å²) in [4.78, 5) is 22.3. The number of likely N-dealkylation sites (tertiary alicyclic amines) is 1. The molecule has 1 saturated heterocycles. The van der Waals surface area contributed by atoms with Crippen LogP contribution in [0.3, 0.4) is 0 Å². The first-order valence-corrected chi connectivity index (χ1v) is 11.0. The van der Waals surface area contributed by atoms with E-state index in [2.05, 4.69) is 15.3 Å². The Bertz CT molecular complexity index is 1260. The molecular weight excluding hydrogens is 451 g/mol. The lowest BCUT2D eigenvalue weighted by atomic mass is 9.76. The average Bonchev–Trinajstić information content (AvgIpc) is 3.23. The summed E-state index contributed by atoms with van der Waals surface area (Å²) in [5.41, 5.74) is 0.250. The predicted octanol–water partition coefficient (Wildman–Crippen LogP) is 2.09. The quantitative estimate of drug-likeness (QED) is 0.525. The molecule has 2 aromatic heterocycles. The molecule has 1 fully saturated rings. The van der Waals surface area contributed by atoms with Gasteiger partial charge < -0.3 is 24.8 Å². The average molecular weight is 475 g/mol. The standard InChI is InChI=1S/C23H24F3N5O3/c1-13(32)19-20-28-16(10-31(20)11-17(29-19)23(24,25)26)21(34)30-7-6-22(18(33)12-30)8-14-4-2-3-5-15(14)9-27-22/h2-5,10-11,13,18,27,32-33H,6-9,12H2,1H3/t13?,18-,22+/m1/s1. The molecule has 2 aliphatic heterocycles. The maximum absolute atomic E-state index is 13.2. The van der Waals surface area contributed by atoms with Gasteiger partial charge in [-0.2, -0.15) is 13.2 Å². The van der Waals surface area contributed by atoms with Gasteiger partial charge in [0.2, 0.25) is 0 Å². The van der Waals surface area contributed by atoms with Crippen LogP contribution in [0.1, 0.15) is 52.5 Å². The van der Waals surface area contributed by atoms with E-state index < -0.39 is 35.5 Å². The molecule has 4 heterocycles. The lowest BCUT2D eigenvalue weighted by Gasteiger charge is -2.48. The van der Waals surface area contributed by atoms with Gasteiger partial charge in [-0.3, -0.25) is 4.79 Å². The maximum Gasteiger partial charge on any atom is 0.434 e. The number of nitrogens with one attached hydrogen (secondary N) is 1. The molecule has 1 amide bonds. The Balaban J connectivity index is 1.39. The number of rotatable bonds is 2. The Morgan fingerprint density at radius 1 is 1.24 bits per heavy atom. The van der Waals surface area contributed by atoms with Gasteiger partial charge in [-0.05, 0) is 30.9 Å². The van der Waals surface area contributed by atoms with Crippen LogP contribution < -0.4 is 5.32 Å². The first kappa shape index (κ1) is 22.8. The minimum absolute atomic E-state index is 0.0223. The monoisotopic (exact) mass is 475 g/mol. The highest BCUT2D eigenvalue weighted by Crippen LogP contribution is 2.33. The molecule has 180 valence electrons. The molecular formula is C23H24F3N5O3. The molecule has 0 aliphatic carbocycles. The molecule has 5 rings (SSSR count). The molecule has 3 aromatic rings. The van der Waals surface area contributed by atoms with Crippen LogP contribution in [0.4, 0.5) is 13.2 Å². The summed E-state index contributed by atoms with van der Waals surface area (Å²) >= 11 is 0. The summed E-state index contributed by atoms with van der Waals surface area (Å²) in [6.07, 6.45) is -3.76. The molecule has 1 aromatic carbocycles. The largest absolute Gasteiger partial charge is 0.434 e. The number of fused-ring (bicyclic) bond motifs is 2. The maximum atomic E-state index is 13.2. The van der Waals surface area contributed by atoms with Crippen LogP contribution in [0.25, 0.3) is 5.65 Å². The minimum atomic E-state index is -4.72. The highest BCUT2D eigenvalue weighted by atomic mass is 19.4. The number of benzene rings is 1. The molecule has 0 bridgehead atoms. The van der Waals surface area contributed by atoms with Crippen molar-refractivity contribution in [1.29, 1.82) is 0 Å². The number of carbonyl (C=O) groups excluding carboxylic acids is 1. The number of aromatic nitrogens is 3. The van der Waals surface area contributed by atoms with Crippen molar-refractivity contribution in [2.45, 2.75) is 50.2 Å². The first-order chi connectivity index (χ1) is 16.1. The zero-order chi connectivity index (χ0) is 24.3. The highest BCUT2D eigenvalue weighted by molar-refractivity contribution is 5.93. The molecule has 0 saturated carbocycles. The van der Waals surface area contributed by atoms with Gasteiger partial charge in [0.1, 0.15) is 11.4 Å². The van der Waals surface area contributed by atoms with Gasteiger partial charge in [-0.1, -0.05) is 24.3 Å². The summed E-state index contributed by atoms with van der Waals surface area (Å²) < 4.78 is 40.8. The number of amides is 1. The molecule has 1 spiro atoms. The second-order valence-corrected chi connectivity index (χ2v) is 9.01. The zero-order valence-electron chi connectivity index (χ0n) is 18.4. The molecule has 2 aliphatic rings. The summed E-state index contributed by atoms with van der Waals surface area (Å²) in [5, 5.41) is 24.4. The van der Waals surface area contributed by atoms with Crippen LogP contribution in [-0.2, 0) is 19.1 Å². The Morgan fingerprint density at radius 2 is 1.97 bits per heavy atom. The molecule has 8 nitrogen and oxygen atoms in total. The SMILES string of the molecule is CC(O)c1nc(C(F)(F)F)cn2cc(C(=O)N3CC[C@]4(Cc5ccccc5CN4)[C@H](O)C3)nc12. The van der Waals surface area contributed by atoms with Crippen molar-refractivity contribution in [3.63, 3.8) is 0 Å². The fourth-order valence-electron chi connectivity index (χ4n) is 4.85. The number of piperidine rings is 1. The van der Waals surface area contributed by atoms with Gasteiger partial charge in [-0.15, -0.1) is 0 Å². The second kappa shape index (κ2) is 8.03. The highest BCUT2D eigenvalue weighted by Gasteiger charge is 2.45. The number of hydrogen-bond donors (Lipinski definition) is 3. The molecule has 3 atom stereocenters. The van der Waals surface area contributed by atoms with E-state index in [1.165, 1.54) is 29.1 Å². The topological polar surface area (TPSA) is 103 Å². The number of imidazole rings is 1. The lowest BCUT2D eigenvalue weighted by molar-refractivity contribution is -0.141. The third kappa shape index (κ3) is 3.83. The Kier molecular flexibility index (Phi) is 5.38. The van der Waals surface area contributed by atoms with Crippen molar-refractivity contribution < 1.29 is 28.2 Å². The first-order valence-electron chi connectivity index (χ1n) is 11.0. The smallest absolute Gasteiger partial charge is 0.389 e. The number of aliphatic hydroxyl groups is 2. The number of aliphatic hydroxyl groups excluding tert-OH is 2. The molecule has 0 radical (unpaired) electrons. The van der Waals surface area contributed by atoms with Gasteiger partial charge in [-0.25, -0.2) is 9.97 Å². The fraction of sp³-hybridized carbons (Fsp3) is 0.435. The van der Waals surface area contributed by atoms with Crippen LogP contribution in [0.5, 0.6) is 0 Å². The van der Waals surface area contributed by atoms with E-state index in [4.69, 9.17) is 0 Å². The van der Waals surface area contributed by atoms with Gasteiger partial charge in [0, 0.05) is 32.0 Å². The molecule has 11 heteroatoms. The van der Waals surface area contributed by atoms with Crippen molar-refractivity contribution in [3.8, 4) is 0 Å². The minimum Gasteiger partial charge on any atom is -0.389 e. The molecule has 34 heavy (non-hydrogen) atoms. The van der Waals surface area contributed by atoms with Gasteiger partial charge in [0.05, 0.1) is 17.7 Å². The Labute approximate surface area is 193 Å². The number of carbonyl (C=O) groups is 1. The third-order valence-electron chi connectivity index (χ3n) is 6.77. The summed E-state index contributed by atoms with van der Waals surface area (Å²) in [7, 11) is 0. The van der Waals surface area contributed by atoms with Crippen molar-refractivity contribution in [2.75, 3.05) is 13.1 Å². The normalized spacial score (nSPS) is 23.8. The predicted molar refractivity (Wildman–Crippen MR) is 115 cm³/mol. The van der Waals surface area contributed by atoms with Gasteiger partial charge in [0.25, 0.3) is 5.91 Å². The van der Waals surface area contributed by atoms with Crippen molar-refractivity contribution in [1.82, 2.24) is 24.6 Å². The van der Waals surface area contributed by atoms with Crippen molar-refractivity contribution in [2.24, 2.45) is 0 Å². The summed E-state index contributed by atoms with van der Waals surface area (Å²) in [5.74, 6) is -0.501. The van der Waals surface area contributed by atoms with Crippen molar-refractivity contribution in [3.05, 3.63) is 64.9 Å². The van der Waals surface area contributed by atoms with Crippen molar-refractivity contribution >= 4 is 11.6 Å². The number of β-amino-alcohol motifs (C(OH)–C–C–N with tert-alkyl or cyclic N) is 1. The van der Waals surface area contributed by atoms with E-state index in [0.717, 1.165) is 10.6 Å². The van der Waals surface area contributed by atoms with E-state index in [1.807, 2.05) is 24.3 Å². The van der Waals surface area contributed by atoms with E-state index in [1.54, 1.807) is 0 Å². The van der Waals surface area contributed by atoms with Crippen LogP contribution in [0.15, 0.2) is 36.7 Å². The van der Waals surface area contributed by atoms with Gasteiger partial charge in [0.15, 0.2) is 11.3 Å². The zero-order valence-corrected chi connectivity index (χ0v) is 18.4. The summed E-state index contributed by atoms with van der Waals surface area (Å²) in [6.45, 7) is 2.34. The number of halogens is 3. The number of hydrogen-bond acceptors (Lipinski definition) is 6. The lowest BCUT2D eigenvalue weighted by Crippen LogP contribution is -2.65. The molecule has 3 N–H and O–H groups in total. The summed E-state index contributed by atoms with van der Waals surface area (Å²) in [6, 6.07) is 8.03. The van der Waals surface area contributed by atoms with Crippen LogP contribution >= 0.6 is 0 Å². The van der Waals surface area contributed by atoms with Crippen LogP contribution in [0, 0.1) is 0 Å². The number of alkyl halides is 3. The molecule has 1 unspecified atom stereocenters. The van der Waals surface area contributed by atoms with E-state index >= 15 is 0 Å². The van der Waals surface area contributed by atoms with Gasteiger partial charge >= 0.3 is 6.18 Å². The fourth-order valence-corrected chi connectivity index (χ4v) is 4.85. The number of nitrogens with zero attached hydrogens (tertiary/aromatic N) is 4. The van der Waals surface area contributed by atoms with Crippen LogP contribution in [-0.4, -0.2) is 60.1 Å². The van der Waals surface area contributed by atoms with Crippen LogP contribution in [0.2, 0.25) is 0 Å². The second-order valence-electron chi connectivity index (χ2n) is 9.01.